The van der Waals surface area contributed by atoms with E-state index in [0.29, 0.717) is 11.3 Å². The third kappa shape index (κ3) is 4.94. The lowest BCUT2D eigenvalue weighted by molar-refractivity contribution is -0.139. The van der Waals surface area contributed by atoms with E-state index in [2.05, 4.69) is 0 Å². The van der Waals surface area contributed by atoms with Crippen molar-refractivity contribution in [3.05, 3.63) is 59.5 Å². The predicted octanol–water partition coefficient (Wildman–Crippen LogP) is 4.10. The number of allylic oxidation sites excluding steroid dienone is 2. The Balaban J connectivity index is 2.65. The van der Waals surface area contributed by atoms with Crippen molar-refractivity contribution in [1.29, 1.82) is 0 Å². The third-order valence-electron chi connectivity index (χ3n) is 3.56. The minimum atomic E-state index is -4.46. The van der Waals surface area contributed by atoms with Crippen LogP contribution in [0.2, 0.25) is 0 Å². The first kappa shape index (κ1) is 20.6. The molecule has 0 saturated heterocycles. The molecule has 1 aliphatic rings. The monoisotopic (exact) mass is 399 g/mol. The molecular weight excluding hydrogens is 383 g/mol. The van der Waals surface area contributed by atoms with Crippen LogP contribution in [0.4, 0.5) is 18.9 Å². The highest BCUT2D eigenvalue weighted by Gasteiger charge is 2.31. The van der Waals surface area contributed by atoms with E-state index in [4.69, 9.17) is 9.47 Å². The average Bonchev–Trinajstić information content (AvgIpc) is 2.83. The summed E-state index contributed by atoms with van der Waals surface area (Å²) < 4.78 is 47.7. The van der Waals surface area contributed by atoms with Crippen molar-refractivity contribution >= 4 is 29.4 Å². The van der Waals surface area contributed by atoms with Gasteiger partial charge in [0.05, 0.1) is 19.8 Å². The summed E-state index contributed by atoms with van der Waals surface area (Å²) in [6, 6.07) is 4.13. The molecule has 0 amide bonds. The van der Waals surface area contributed by atoms with Crippen molar-refractivity contribution < 1.29 is 32.2 Å². The van der Waals surface area contributed by atoms with E-state index in [1.165, 1.54) is 41.5 Å². The molecule has 0 spiro atoms. The zero-order valence-corrected chi connectivity index (χ0v) is 15.5. The molecular formula is C18H16F3NO4S. The van der Waals surface area contributed by atoms with Crippen LogP contribution >= 0.6 is 11.8 Å². The predicted molar refractivity (Wildman–Crippen MR) is 94.9 cm³/mol. The lowest BCUT2D eigenvalue weighted by atomic mass is 10.1. The number of rotatable bonds is 4. The van der Waals surface area contributed by atoms with E-state index < -0.39 is 17.4 Å². The molecule has 1 aliphatic heterocycles. The van der Waals surface area contributed by atoms with E-state index >= 15 is 0 Å². The maximum absolute atomic E-state index is 12.7. The number of hydrogen-bond donors (Lipinski definition) is 0. The van der Waals surface area contributed by atoms with Gasteiger partial charge >= 0.3 is 17.4 Å². The van der Waals surface area contributed by atoms with Crippen LogP contribution in [0.25, 0.3) is 0 Å². The van der Waals surface area contributed by atoms with Crippen LogP contribution in [0.3, 0.4) is 0 Å². The van der Waals surface area contributed by atoms with E-state index in [1.54, 1.807) is 13.0 Å². The number of anilines is 1. The fourth-order valence-electron chi connectivity index (χ4n) is 2.40. The van der Waals surface area contributed by atoms with Gasteiger partial charge < -0.3 is 14.4 Å². The summed E-state index contributed by atoms with van der Waals surface area (Å²) in [5.74, 6) is -1.61. The molecule has 0 bridgehead atoms. The highest BCUT2D eigenvalue weighted by Crippen LogP contribution is 2.40. The molecule has 0 atom stereocenters. The molecule has 27 heavy (non-hydrogen) atoms. The smallest absolute Gasteiger partial charge is 0.446 e. The van der Waals surface area contributed by atoms with Crippen LogP contribution in [0.5, 0.6) is 0 Å². The molecule has 0 fully saturated rings. The first-order valence-corrected chi connectivity index (χ1v) is 8.41. The van der Waals surface area contributed by atoms with Crippen molar-refractivity contribution in [3.8, 4) is 0 Å². The molecule has 1 heterocycles. The number of thioether (sulfide) groups is 1. The van der Waals surface area contributed by atoms with Crippen LogP contribution in [0, 0.1) is 6.92 Å². The molecule has 1 aromatic carbocycles. The van der Waals surface area contributed by atoms with Gasteiger partial charge in [0.1, 0.15) is 5.70 Å². The molecule has 5 nitrogen and oxygen atoms in total. The number of halogens is 3. The zero-order valence-electron chi connectivity index (χ0n) is 14.7. The quantitative estimate of drug-likeness (QED) is 0.561. The van der Waals surface area contributed by atoms with Crippen molar-refractivity contribution in [2.45, 2.75) is 17.3 Å². The molecule has 0 saturated carbocycles. The molecule has 0 N–H and O–H groups in total. The van der Waals surface area contributed by atoms with Crippen LogP contribution < -0.4 is 4.90 Å². The maximum Gasteiger partial charge on any atom is 0.446 e. The fourth-order valence-corrected chi connectivity index (χ4v) is 2.97. The number of nitrogens with zero attached hydrogens (tertiary/aromatic N) is 1. The molecule has 144 valence electrons. The first-order chi connectivity index (χ1) is 12.7. The second-order valence-corrected chi connectivity index (χ2v) is 6.45. The van der Waals surface area contributed by atoms with Gasteiger partial charge in [0.2, 0.25) is 0 Å². The van der Waals surface area contributed by atoms with Crippen molar-refractivity contribution in [3.63, 3.8) is 0 Å². The lowest BCUT2D eigenvalue weighted by Crippen LogP contribution is -2.27. The van der Waals surface area contributed by atoms with Crippen LogP contribution in [-0.2, 0) is 19.1 Å². The van der Waals surface area contributed by atoms with Gasteiger partial charge in [-0.3, -0.25) is 0 Å². The number of carbonyl (C=O) groups is 2. The highest BCUT2D eigenvalue weighted by molar-refractivity contribution is 8.00. The third-order valence-corrected chi connectivity index (χ3v) is 4.28. The van der Waals surface area contributed by atoms with Gasteiger partial charge in [-0.2, -0.15) is 13.2 Å². The number of carbonyl (C=O) groups excluding carboxylic acids is 2. The van der Waals surface area contributed by atoms with Gasteiger partial charge in [0, 0.05) is 16.8 Å². The van der Waals surface area contributed by atoms with Gasteiger partial charge in [0.15, 0.2) is 0 Å². The highest BCUT2D eigenvalue weighted by atomic mass is 32.2. The first-order valence-electron chi connectivity index (χ1n) is 7.59. The number of aryl methyl sites for hydroxylation is 1. The van der Waals surface area contributed by atoms with Crippen LogP contribution in [0.15, 0.2) is 58.8 Å². The minimum absolute atomic E-state index is 0.0578. The van der Waals surface area contributed by atoms with Crippen molar-refractivity contribution in [2.24, 2.45) is 0 Å². The van der Waals surface area contributed by atoms with Crippen molar-refractivity contribution in [2.75, 3.05) is 19.1 Å². The second-order valence-electron chi connectivity index (χ2n) is 5.31. The number of ether oxygens (including phenoxy) is 2. The Bertz CT molecular complexity index is 843. The maximum atomic E-state index is 12.7. The van der Waals surface area contributed by atoms with Crippen LogP contribution in [0.1, 0.15) is 5.56 Å². The largest absolute Gasteiger partial charge is 0.465 e. The van der Waals surface area contributed by atoms with E-state index in [-0.39, 0.29) is 27.9 Å². The Kier molecular flexibility index (Phi) is 6.37. The molecule has 0 aliphatic carbocycles. The zero-order chi connectivity index (χ0) is 20.2. The van der Waals surface area contributed by atoms with Gasteiger partial charge in [-0.1, -0.05) is 12.1 Å². The number of benzene rings is 1. The van der Waals surface area contributed by atoms with Gasteiger partial charge in [-0.05, 0) is 48.5 Å². The Morgan fingerprint density at radius 1 is 1.07 bits per heavy atom. The Morgan fingerprint density at radius 3 is 2.33 bits per heavy atom. The number of alkyl halides is 3. The van der Waals surface area contributed by atoms with E-state index in [9.17, 15) is 22.8 Å². The molecule has 2 rings (SSSR count). The number of hydrogen-bond acceptors (Lipinski definition) is 6. The molecule has 0 unspecified atom stereocenters. The molecule has 0 aromatic heterocycles. The number of methoxy groups -OCH3 is 2. The minimum Gasteiger partial charge on any atom is -0.465 e. The number of esters is 2. The Morgan fingerprint density at radius 2 is 1.74 bits per heavy atom. The summed E-state index contributed by atoms with van der Waals surface area (Å²) in [6.07, 6.45) is 5.89. The Hall–Kier alpha value is -2.68. The topological polar surface area (TPSA) is 55.8 Å². The Labute approximate surface area is 158 Å². The van der Waals surface area contributed by atoms with Gasteiger partial charge in [-0.15, -0.1) is 0 Å². The van der Waals surface area contributed by atoms with E-state index in [1.807, 2.05) is 0 Å². The SMILES string of the molecule is COC(=O)C1=C(C(=O)OC)N(c2cc(SC(F)(F)F)ccc2C)C=CC=C1. The average molecular weight is 399 g/mol. The second kappa shape index (κ2) is 8.34. The molecule has 1 aromatic rings. The van der Waals surface area contributed by atoms with Gasteiger partial charge in [0.25, 0.3) is 0 Å². The molecule has 0 radical (unpaired) electrons. The van der Waals surface area contributed by atoms with Crippen molar-refractivity contribution in [1.82, 2.24) is 0 Å². The fraction of sp³-hybridized carbons (Fsp3) is 0.222. The summed E-state index contributed by atoms with van der Waals surface area (Å²) in [5, 5.41) is 0. The normalized spacial score (nSPS) is 14.2. The summed E-state index contributed by atoms with van der Waals surface area (Å²) in [7, 11) is 2.30. The summed E-state index contributed by atoms with van der Waals surface area (Å²) in [4.78, 5) is 25.8. The standard InChI is InChI=1S/C18H16F3NO4S/c1-11-7-8-12(27-18(19,20)21)10-14(11)22-9-5-4-6-13(16(23)25-2)15(22)17(24)26-3/h4-10H,1-3H3. The summed E-state index contributed by atoms with van der Waals surface area (Å²) in [5.41, 5.74) is -3.81. The summed E-state index contributed by atoms with van der Waals surface area (Å²) >= 11 is -0.270. The lowest BCUT2D eigenvalue weighted by Gasteiger charge is -2.25. The van der Waals surface area contributed by atoms with E-state index in [0.717, 1.165) is 14.2 Å². The molecule has 9 heteroatoms. The van der Waals surface area contributed by atoms with Crippen LogP contribution in [-0.4, -0.2) is 31.7 Å². The van der Waals surface area contributed by atoms with Gasteiger partial charge in [-0.25, -0.2) is 9.59 Å². The summed E-state index contributed by atoms with van der Waals surface area (Å²) in [6.45, 7) is 1.68.